The topological polar surface area (TPSA) is 64.3 Å². The highest BCUT2D eigenvalue weighted by atomic mass is 16.5. The van der Waals surface area contributed by atoms with Gasteiger partial charge in [-0.2, -0.15) is 0 Å². The van der Waals surface area contributed by atoms with Crippen LogP contribution in [0.15, 0.2) is 18.2 Å². The van der Waals surface area contributed by atoms with E-state index < -0.39 is 0 Å². The third-order valence-electron chi connectivity index (χ3n) is 2.50. The number of carbonyl (C=O) groups is 1. The number of ether oxygens (including phenoxy) is 1. The van der Waals surface area contributed by atoms with Crippen LogP contribution >= 0.6 is 0 Å². The van der Waals surface area contributed by atoms with Crippen molar-refractivity contribution < 1.29 is 9.53 Å². The summed E-state index contributed by atoms with van der Waals surface area (Å²) in [4.78, 5) is 11.2. The predicted molar refractivity (Wildman–Crippen MR) is 69.3 cm³/mol. The van der Waals surface area contributed by atoms with E-state index in [1.807, 2.05) is 25.1 Å². The van der Waals surface area contributed by atoms with Crippen molar-refractivity contribution in [3.05, 3.63) is 23.8 Å². The number of benzene rings is 1. The molecule has 0 spiro atoms. The van der Waals surface area contributed by atoms with Gasteiger partial charge in [0.15, 0.2) is 0 Å². The molecule has 0 saturated heterocycles. The van der Waals surface area contributed by atoms with Gasteiger partial charge in [0.1, 0.15) is 5.75 Å². The second-order valence-corrected chi connectivity index (χ2v) is 4.19. The van der Waals surface area contributed by atoms with E-state index in [4.69, 9.17) is 10.5 Å². The summed E-state index contributed by atoms with van der Waals surface area (Å²) in [5, 5.41) is 2.81. The largest absolute Gasteiger partial charge is 0.495 e. The average Bonchev–Trinajstić information content (AvgIpc) is 2.26. The lowest BCUT2D eigenvalue weighted by Gasteiger charge is -2.14. The van der Waals surface area contributed by atoms with Crippen molar-refractivity contribution in [2.75, 3.05) is 12.4 Å². The molecule has 0 heterocycles. The highest BCUT2D eigenvalue weighted by Crippen LogP contribution is 2.29. The SMILES string of the molecule is COc1cccc(CCC(C)N)c1NC(C)=O. The first-order chi connectivity index (χ1) is 8.04. The summed E-state index contributed by atoms with van der Waals surface area (Å²) in [5.74, 6) is 0.582. The van der Waals surface area contributed by atoms with E-state index in [0.717, 1.165) is 24.1 Å². The zero-order valence-electron chi connectivity index (χ0n) is 10.6. The lowest BCUT2D eigenvalue weighted by molar-refractivity contribution is -0.114. The molecule has 0 saturated carbocycles. The first kappa shape index (κ1) is 13.5. The first-order valence-electron chi connectivity index (χ1n) is 5.73. The van der Waals surface area contributed by atoms with E-state index in [-0.39, 0.29) is 11.9 Å². The number of aryl methyl sites for hydroxylation is 1. The van der Waals surface area contributed by atoms with Crippen molar-refractivity contribution in [1.82, 2.24) is 0 Å². The Morgan fingerprint density at radius 2 is 2.24 bits per heavy atom. The Labute approximate surface area is 102 Å². The van der Waals surface area contributed by atoms with Gasteiger partial charge >= 0.3 is 0 Å². The highest BCUT2D eigenvalue weighted by molar-refractivity contribution is 5.91. The van der Waals surface area contributed by atoms with Gasteiger partial charge in [0.05, 0.1) is 12.8 Å². The van der Waals surface area contributed by atoms with E-state index in [0.29, 0.717) is 5.75 Å². The van der Waals surface area contributed by atoms with Gasteiger partial charge in [0, 0.05) is 13.0 Å². The van der Waals surface area contributed by atoms with E-state index >= 15 is 0 Å². The Morgan fingerprint density at radius 1 is 1.53 bits per heavy atom. The molecule has 0 aromatic heterocycles. The van der Waals surface area contributed by atoms with Crippen molar-refractivity contribution in [3.8, 4) is 5.75 Å². The predicted octanol–water partition coefficient (Wildman–Crippen LogP) is 1.93. The number of nitrogens with one attached hydrogen (secondary N) is 1. The number of hydrogen-bond acceptors (Lipinski definition) is 3. The molecule has 0 aliphatic carbocycles. The molecule has 1 amide bonds. The molecule has 94 valence electrons. The van der Waals surface area contributed by atoms with Crippen LogP contribution in [-0.4, -0.2) is 19.1 Å². The fraction of sp³-hybridized carbons (Fsp3) is 0.462. The quantitative estimate of drug-likeness (QED) is 0.821. The maximum absolute atomic E-state index is 11.2. The van der Waals surface area contributed by atoms with E-state index in [2.05, 4.69) is 5.32 Å². The van der Waals surface area contributed by atoms with Crippen molar-refractivity contribution in [2.45, 2.75) is 32.7 Å². The standard InChI is InChI=1S/C13H20N2O2/c1-9(14)7-8-11-5-4-6-12(17-3)13(11)15-10(2)16/h4-6,9H,7-8,14H2,1-3H3,(H,15,16). The fourth-order valence-corrected chi connectivity index (χ4v) is 1.66. The zero-order valence-corrected chi connectivity index (χ0v) is 10.6. The number of nitrogens with two attached hydrogens (primary N) is 1. The molecule has 0 radical (unpaired) electrons. The van der Waals surface area contributed by atoms with Crippen molar-refractivity contribution >= 4 is 11.6 Å². The van der Waals surface area contributed by atoms with Gasteiger partial charge in [0.25, 0.3) is 0 Å². The maximum atomic E-state index is 11.2. The first-order valence-corrected chi connectivity index (χ1v) is 5.73. The summed E-state index contributed by atoms with van der Waals surface area (Å²) < 4.78 is 5.25. The smallest absolute Gasteiger partial charge is 0.221 e. The Bertz CT molecular complexity index is 389. The Kier molecular flexibility index (Phi) is 4.97. The van der Waals surface area contributed by atoms with Crippen molar-refractivity contribution in [2.24, 2.45) is 5.73 Å². The molecule has 1 atom stereocenters. The fourth-order valence-electron chi connectivity index (χ4n) is 1.66. The van der Waals surface area contributed by atoms with Gasteiger partial charge in [-0.05, 0) is 31.4 Å². The highest BCUT2D eigenvalue weighted by Gasteiger charge is 2.10. The zero-order chi connectivity index (χ0) is 12.8. The lowest BCUT2D eigenvalue weighted by Crippen LogP contribution is -2.16. The Morgan fingerprint density at radius 3 is 2.76 bits per heavy atom. The lowest BCUT2D eigenvalue weighted by atomic mass is 10.0. The van der Waals surface area contributed by atoms with Crippen LogP contribution < -0.4 is 15.8 Å². The molecule has 0 aliphatic rings. The van der Waals surface area contributed by atoms with Crippen molar-refractivity contribution in [1.29, 1.82) is 0 Å². The third kappa shape index (κ3) is 4.07. The van der Waals surface area contributed by atoms with Crippen LogP contribution in [0.25, 0.3) is 0 Å². The molecule has 1 aromatic carbocycles. The van der Waals surface area contributed by atoms with Crippen LogP contribution in [0, 0.1) is 0 Å². The van der Waals surface area contributed by atoms with E-state index in [9.17, 15) is 4.79 Å². The summed E-state index contributed by atoms with van der Waals surface area (Å²) in [5.41, 5.74) is 7.55. The second-order valence-electron chi connectivity index (χ2n) is 4.19. The van der Waals surface area contributed by atoms with Crippen LogP contribution in [0.1, 0.15) is 25.8 Å². The minimum absolute atomic E-state index is 0.100. The van der Waals surface area contributed by atoms with Gasteiger partial charge in [-0.3, -0.25) is 4.79 Å². The molecule has 4 heteroatoms. The maximum Gasteiger partial charge on any atom is 0.221 e. The summed E-state index contributed by atoms with van der Waals surface area (Å²) >= 11 is 0. The third-order valence-corrected chi connectivity index (χ3v) is 2.50. The number of amides is 1. The Hall–Kier alpha value is -1.55. The number of rotatable bonds is 5. The molecule has 1 rings (SSSR count). The van der Waals surface area contributed by atoms with Gasteiger partial charge in [0.2, 0.25) is 5.91 Å². The molecule has 1 unspecified atom stereocenters. The minimum Gasteiger partial charge on any atom is -0.495 e. The molecule has 1 aromatic rings. The van der Waals surface area contributed by atoms with Gasteiger partial charge < -0.3 is 15.8 Å². The summed E-state index contributed by atoms with van der Waals surface area (Å²) in [6.45, 7) is 3.46. The molecule has 0 fully saturated rings. The molecule has 17 heavy (non-hydrogen) atoms. The number of hydrogen-bond donors (Lipinski definition) is 2. The van der Waals surface area contributed by atoms with E-state index in [1.54, 1.807) is 7.11 Å². The summed E-state index contributed by atoms with van der Waals surface area (Å²) in [7, 11) is 1.59. The van der Waals surface area contributed by atoms with Crippen LogP contribution in [0.5, 0.6) is 5.75 Å². The van der Waals surface area contributed by atoms with Gasteiger partial charge in [-0.25, -0.2) is 0 Å². The number of para-hydroxylation sites is 1. The molecule has 4 nitrogen and oxygen atoms in total. The molecule has 0 bridgehead atoms. The second kappa shape index (κ2) is 6.25. The molecular weight excluding hydrogens is 216 g/mol. The molecule has 0 aliphatic heterocycles. The minimum atomic E-state index is -0.100. The number of anilines is 1. The van der Waals surface area contributed by atoms with Crippen LogP contribution in [0.4, 0.5) is 5.69 Å². The van der Waals surface area contributed by atoms with E-state index in [1.165, 1.54) is 6.92 Å². The van der Waals surface area contributed by atoms with Gasteiger partial charge in [-0.1, -0.05) is 12.1 Å². The normalized spacial score (nSPS) is 12.0. The van der Waals surface area contributed by atoms with Gasteiger partial charge in [-0.15, -0.1) is 0 Å². The summed E-state index contributed by atoms with van der Waals surface area (Å²) in [6.07, 6.45) is 1.70. The Balaban J connectivity index is 2.97. The molecule has 3 N–H and O–H groups in total. The van der Waals surface area contributed by atoms with Crippen LogP contribution in [0.2, 0.25) is 0 Å². The molecular formula is C13H20N2O2. The number of methoxy groups -OCH3 is 1. The average molecular weight is 236 g/mol. The summed E-state index contributed by atoms with van der Waals surface area (Å²) in [6, 6.07) is 5.88. The van der Waals surface area contributed by atoms with Crippen molar-refractivity contribution in [3.63, 3.8) is 0 Å². The monoisotopic (exact) mass is 236 g/mol. The number of carbonyl (C=O) groups excluding carboxylic acids is 1. The van der Waals surface area contributed by atoms with Crippen LogP contribution in [-0.2, 0) is 11.2 Å². The van der Waals surface area contributed by atoms with Crippen LogP contribution in [0.3, 0.4) is 0 Å².